The third kappa shape index (κ3) is 17.9. The van der Waals surface area contributed by atoms with Gasteiger partial charge in [0.2, 0.25) is 0 Å². The van der Waals surface area contributed by atoms with Crippen molar-refractivity contribution in [3.05, 3.63) is 0 Å². The summed E-state index contributed by atoms with van der Waals surface area (Å²) in [6.45, 7) is 6.40. The molecule has 0 aromatic heterocycles. The lowest BCUT2D eigenvalue weighted by Gasteiger charge is -2.23. The molecular weight excluding hydrogens is 432 g/mol. The van der Waals surface area contributed by atoms with Crippen molar-refractivity contribution in [2.45, 2.75) is 192 Å². The largest absolute Gasteiger partial charge is 0.370 e. The predicted molar refractivity (Wildman–Crippen MR) is 150 cm³/mol. The van der Waals surface area contributed by atoms with Crippen LogP contribution in [0.2, 0.25) is 0 Å². The van der Waals surface area contributed by atoms with Gasteiger partial charge < -0.3 is 14.2 Å². The Bertz CT molecular complexity index is 406. The van der Waals surface area contributed by atoms with Gasteiger partial charge in [-0.1, -0.05) is 155 Å². The number of hydrogen-bond donors (Lipinski definition) is 0. The van der Waals surface area contributed by atoms with Gasteiger partial charge in [-0.25, -0.2) is 0 Å². The van der Waals surface area contributed by atoms with Gasteiger partial charge in [0, 0.05) is 0 Å². The lowest BCUT2D eigenvalue weighted by molar-refractivity contribution is -0.0468. The van der Waals surface area contributed by atoms with E-state index in [1.807, 2.05) is 0 Å². The quantitative estimate of drug-likeness (QED) is 0.0801. The van der Waals surface area contributed by atoms with Crippen LogP contribution in [0.15, 0.2) is 0 Å². The summed E-state index contributed by atoms with van der Waals surface area (Å²) in [7, 11) is 0. The Morgan fingerprint density at radius 1 is 0.457 bits per heavy atom. The highest BCUT2D eigenvalue weighted by Gasteiger charge is 2.39. The predicted octanol–water partition coefficient (Wildman–Crippen LogP) is 9.94. The minimum Gasteiger partial charge on any atom is -0.370 e. The first-order valence-corrected chi connectivity index (χ1v) is 16.2. The maximum atomic E-state index is 6.63. The van der Waals surface area contributed by atoms with Gasteiger partial charge in [-0.2, -0.15) is 0 Å². The van der Waals surface area contributed by atoms with Crippen LogP contribution in [-0.2, 0) is 14.2 Å². The molecule has 2 rings (SSSR count). The fourth-order valence-electron chi connectivity index (χ4n) is 5.47. The first-order chi connectivity index (χ1) is 17.3. The fraction of sp³-hybridized carbons (Fsp3) is 1.00. The molecule has 0 radical (unpaired) electrons. The Balaban J connectivity index is 1.45. The highest BCUT2D eigenvalue weighted by Crippen LogP contribution is 2.29. The first kappa shape index (κ1) is 31.1. The van der Waals surface area contributed by atoms with Crippen molar-refractivity contribution in [3.63, 3.8) is 0 Å². The van der Waals surface area contributed by atoms with E-state index in [9.17, 15) is 0 Å². The summed E-state index contributed by atoms with van der Waals surface area (Å²) in [6.07, 6.45) is 34.5. The van der Waals surface area contributed by atoms with Crippen molar-refractivity contribution in [1.82, 2.24) is 0 Å². The summed E-state index contributed by atoms with van der Waals surface area (Å²) in [6, 6.07) is 0. The maximum Gasteiger partial charge on any atom is 0.107 e. The van der Waals surface area contributed by atoms with E-state index in [0.29, 0.717) is 24.4 Å². The van der Waals surface area contributed by atoms with Crippen molar-refractivity contribution >= 4 is 0 Å². The second kappa shape index (κ2) is 21.9. The Hall–Kier alpha value is -0.120. The molecule has 3 heteroatoms. The number of unbranched alkanes of at least 4 members (excludes halogenated alkanes) is 20. The normalized spacial score (nSPS) is 20.7. The molecular formula is C32H62O3. The van der Waals surface area contributed by atoms with E-state index in [0.717, 1.165) is 13.2 Å². The van der Waals surface area contributed by atoms with Crippen LogP contribution in [0.4, 0.5) is 0 Å². The van der Waals surface area contributed by atoms with Crippen LogP contribution in [0, 0.1) is 0 Å². The van der Waals surface area contributed by atoms with Crippen molar-refractivity contribution in [2.75, 3.05) is 13.2 Å². The van der Waals surface area contributed by atoms with E-state index in [1.165, 1.54) is 154 Å². The molecule has 0 saturated carbocycles. The monoisotopic (exact) mass is 494 g/mol. The molecule has 0 aliphatic carbocycles. The first-order valence-electron chi connectivity index (χ1n) is 16.2. The van der Waals surface area contributed by atoms with Gasteiger partial charge >= 0.3 is 0 Å². The third-order valence-electron chi connectivity index (χ3n) is 8.08. The number of epoxide rings is 2. The van der Waals surface area contributed by atoms with Gasteiger partial charge in [-0.15, -0.1) is 0 Å². The zero-order valence-corrected chi connectivity index (χ0v) is 23.9. The van der Waals surface area contributed by atoms with Crippen LogP contribution in [0.5, 0.6) is 0 Å². The lowest BCUT2D eigenvalue weighted by Crippen LogP contribution is -2.30. The molecule has 2 aliphatic rings. The van der Waals surface area contributed by atoms with E-state index in [2.05, 4.69) is 13.8 Å². The van der Waals surface area contributed by atoms with Gasteiger partial charge in [-0.3, -0.25) is 0 Å². The summed E-state index contributed by atoms with van der Waals surface area (Å²) >= 11 is 0. The minimum absolute atomic E-state index is 0.301. The molecule has 4 unspecified atom stereocenters. The third-order valence-corrected chi connectivity index (χ3v) is 8.08. The molecule has 0 aromatic carbocycles. The topological polar surface area (TPSA) is 34.3 Å². The molecule has 2 fully saturated rings. The van der Waals surface area contributed by atoms with Crippen molar-refractivity contribution < 1.29 is 14.2 Å². The minimum atomic E-state index is 0.301. The van der Waals surface area contributed by atoms with Crippen molar-refractivity contribution in [3.8, 4) is 0 Å². The van der Waals surface area contributed by atoms with Crippen LogP contribution in [0.3, 0.4) is 0 Å². The maximum absolute atomic E-state index is 6.63. The molecule has 208 valence electrons. The van der Waals surface area contributed by atoms with Crippen LogP contribution in [0.1, 0.15) is 168 Å². The van der Waals surface area contributed by atoms with Gasteiger partial charge in [0.25, 0.3) is 0 Å². The second-order valence-corrected chi connectivity index (χ2v) is 11.6. The molecule has 0 spiro atoms. The van der Waals surface area contributed by atoms with Gasteiger partial charge in [0.15, 0.2) is 0 Å². The second-order valence-electron chi connectivity index (χ2n) is 11.6. The Morgan fingerprint density at radius 3 is 0.971 bits per heavy atom. The number of ether oxygens (including phenoxy) is 3. The Labute approximate surface area is 219 Å². The summed E-state index contributed by atoms with van der Waals surface area (Å²) in [5.74, 6) is 0. The summed E-state index contributed by atoms with van der Waals surface area (Å²) in [4.78, 5) is 0. The molecule has 3 nitrogen and oxygen atoms in total. The molecule has 0 bridgehead atoms. The summed E-state index contributed by atoms with van der Waals surface area (Å²) in [5.41, 5.74) is 0. The van der Waals surface area contributed by atoms with Crippen molar-refractivity contribution in [2.24, 2.45) is 0 Å². The Kier molecular flexibility index (Phi) is 19.5. The fourth-order valence-corrected chi connectivity index (χ4v) is 5.47. The SMILES string of the molecule is CCCCCCCCCCCCCC(OC(CCCCCCCCCCCCC)C1CO1)C1CO1. The van der Waals surface area contributed by atoms with Crippen LogP contribution in [-0.4, -0.2) is 37.6 Å². The van der Waals surface area contributed by atoms with E-state index in [-0.39, 0.29) is 0 Å². The number of rotatable bonds is 28. The average molecular weight is 495 g/mol. The standard InChI is InChI=1S/C32H62O3/c1-3-5-7-9-11-13-15-17-19-21-23-25-29(31-27-33-31)35-30(32-28-34-32)26-24-22-20-18-16-14-12-10-8-6-4-2/h29-32H,3-28H2,1-2H3. The van der Waals surface area contributed by atoms with Gasteiger partial charge in [-0.05, 0) is 12.8 Å². The molecule has 2 aliphatic heterocycles. The molecule has 2 heterocycles. The highest BCUT2D eigenvalue weighted by molar-refractivity contribution is 4.86. The van der Waals surface area contributed by atoms with Gasteiger partial charge in [0.05, 0.1) is 25.4 Å². The van der Waals surface area contributed by atoms with E-state index in [4.69, 9.17) is 14.2 Å². The van der Waals surface area contributed by atoms with E-state index >= 15 is 0 Å². The smallest absolute Gasteiger partial charge is 0.107 e. The highest BCUT2D eigenvalue weighted by atomic mass is 16.6. The molecule has 0 amide bonds. The molecule has 2 saturated heterocycles. The zero-order valence-electron chi connectivity index (χ0n) is 23.9. The molecule has 0 aromatic rings. The van der Waals surface area contributed by atoms with Crippen molar-refractivity contribution in [1.29, 1.82) is 0 Å². The van der Waals surface area contributed by atoms with E-state index in [1.54, 1.807) is 0 Å². The molecule has 0 N–H and O–H groups in total. The van der Waals surface area contributed by atoms with Crippen LogP contribution in [0.25, 0.3) is 0 Å². The average Bonchev–Trinajstić information content (AvgIpc) is 3.77. The van der Waals surface area contributed by atoms with Gasteiger partial charge in [0.1, 0.15) is 12.2 Å². The van der Waals surface area contributed by atoms with E-state index < -0.39 is 0 Å². The Morgan fingerprint density at radius 2 is 0.714 bits per heavy atom. The summed E-state index contributed by atoms with van der Waals surface area (Å²) in [5, 5.41) is 0. The molecule has 4 atom stereocenters. The lowest BCUT2D eigenvalue weighted by atomic mass is 10.0. The zero-order chi connectivity index (χ0) is 24.8. The van der Waals surface area contributed by atoms with Crippen LogP contribution < -0.4 is 0 Å². The molecule has 35 heavy (non-hydrogen) atoms. The number of hydrogen-bond acceptors (Lipinski definition) is 3. The van der Waals surface area contributed by atoms with Crippen LogP contribution >= 0.6 is 0 Å². The summed E-state index contributed by atoms with van der Waals surface area (Å²) < 4.78 is 18.0.